The largest absolute Gasteiger partial charge is 0.311 e. The molecule has 5 saturated carbocycles. The summed E-state index contributed by atoms with van der Waals surface area (Å²) in [6, 6.07) is 67.0. The number of hydrogen-bond acceptors (Lipinski definition) is 3. The van der Waals surface area contributed by atoms with E-state index in [4.69, 9.17) is 0 Å². The minimum Gasteiger partial charge on any atom is -0.311 e. The van der Waals surface area contributed by atoms with Gasteiger partial charge in [0.2, 0.25) is 0 Å². The maximum absolute atomic E-state index is 2.55. The number of para-hydroxylation sites is 2. The number of anilines is 6. The minimum atomic E-state index is 0.00671. The van der Waals surface area contributed by atoms with E-state index in [1.54, 1.807) is 0 Å². The van der Waals surface area contributed by atoms with E-state index in [0.717, 1.165) is 11.8 Å². The quantitative estimate of drug-likeness (QED) is 0.143. The molecule has 13 rings (SSSR count). The second kappa shape index (κ2) is 15.4. The number of benzene rings is 7. The van der Waals surface area contributed by atoms with Crippen LogP contribution in [0.5, 0.6) is 0 Å². The third-order valence-electron chi connectivity index (χ3n) is 15.5. The lowest BCUT2D eigenvalue weighted by atomic mass is 9.42. The van der Waals surface area contributed by atoms with Gasteiger partial charge in [-0.25, -0.2) is 0 Å². The van der Waals surface area contributed by atoms with Crippen molar-refractivity contribution in [1.82, 2.24) is 0 Å². The molecule has 0 unspecified atom stereocenters. The molecular formula is C58H54N2S. The molecule has 4 bridgehead atoms. The van der Waals surface area contributed by atoms with Gasteiger partial charge in [-0.2, -0.15) is 0 Å². The molecule has 61 heavy (non-hydrogen) atoms. The Morgan fingerprint density at radius 2 is 0.902 bits per heavy atom. The highest BCUT2D eigenvalue weighted by Gasteiger charge is 2.58. The third kappa shape index (κ3) is 6.34. The monoisotopic (exact) mass is 810 g/mol. The molecule has 0 N–H and O–H groups in total. The summed E-state index contributed by atoms with van der Waals surface area (Å²) in [5.74, 6) is 3.78. The zero-order chi connectivity index (χ0) is 40.3. The molecule has 0 aliphatic heterocycles. The van der Waals surface area contributed by atoms with E-state index in [0.29, 0.717) is 17.8 Å². The van der Waals surface area contributed by atoms with Crippen molar-refractivity contribution < 1.29 is 0 Å². The molecule has 2 nitrogen and oxygen atoms in total. The minimum absolute atomic E-state index is 0.00671. The molecule has 1 aromatic heterocycles. The third-order valence-corrected chi connectivity index (χ3v) is 16.7. The van der Waals surface area contributed by atoms with Crippen LogP contribution in [-0.4, -0.2) is 0 Å². The Hall–Kier alpha value is -5.64. The standard InChI is InChI=1S/C58H54N2S/c1-4-13-42(14-5-1)43-23-29-51(30-24-43)60(55-21-12-20-54-53-19-10-11-22-56(53)61-57(54)55)52-33-27-45(28-34-52)58(46-36-40-35-41(38-46)39-47(58)37-40)44-25-31-50(32-26-44)59(48-15-6-2-7-16-48)49-17-8-3-9-18-49/h2-3,6-12,15-34,40-42,46-47H,1,4-5,13-14,35-39H2. The van der Waals surface area contributed by atoms with Crippen LogP contribution in [0.4, 0.5) is 34.1 Å². The van der Waals surface area contributed by atoms with Crippen LogP contribution in [0.25, 0.3) is 20.2 Å². The fourth-order valence-electron chi connectivity index (χ4n) is 13.1. The lowest BCUT2D eigenvalue weighted by Crippen LogP contribution is -2.56. The summed E-state index contributed by atoms with van der Waals surface area (Å²) in [6.07, 6.45) is 13.6. The maximum Gasteiger partial charge on any atom is 0.0640 e. The highest BCUT2D eigenvalue weighted by Crippen LogP contribution is 2.65. The topological polar surface area (TPSA) is 6.48 Å². The number of rotatable bonds is 9. The molecule has 7 aromatic carbocycles. The van der Waals surface area contributed by atoms with Gasteiger partial charge in [0.25, 0.3) is 0 Å². The van der Waals surface area contributed by atoms with Crippen LogP contribution in [-0.2, 0) is 5.41 Å². The van der Waals surface area contributed by atoms with Crippen LogP contribution >= 0.6 is 11.3 Å². The molecular weight excluding hydrogens is 757 g/mol. The van der Waals surface area contributed by atoms with Gasteiger partial charge in [0.05, 0.1) is 10.4 Å². The van der Waals surface area contributed by atoms with Crippen LogP contribution in [0, 0.1) is 23.7 Å². The van der Waals surface area contributed by atoms with E-state index in [-0.39, 0.29) is 5.41 Å². The lowest BCUT2D eigenvalue weighted by Gasteiger charge is -2.62. The van der Waals surface area contributed by atoms with Crippen molar-refractivity contribution in [3.63, 3.8) is 0 Å². The van der Waals surface area contributed by atoms with E-state index in [1.165, 1.54) is 135 Å². The molecule has 5 fully saturated rings. The summed E-state index contributed by atoms with van der Waals surface area (Å²) in [5, 5.41) is 2.69. The van der Waals surface area contributed by atoms with Gasteiger partial charge in [0.1, 0.15) is 0 Å². The van der Waals surface area contributed by atoms with E-state index >= 15 is 0 Å². The van der Waals surface area contributed by atoms with Crippen LogP contribution < -0.4 is 9.80 Å². The molecule has 3 heteroatoms. The fraction of sp³-hybridized carbons (Fsp3) is 0.276. The van der Waals surface area contributed by atoms with Gasteiger partial charge >= 0.3 is 0 Å². The van der Waals surface area contributed by atoms with Gasteiger partial charge in [0, 0.05) is 49.3 Å². The predicted molar refractivity (Wildman–Crippen MR) is 259 cm³/mol. The fourth-order valence-corrected chi connectivity index (χ4v) is 14.3. The van der Waals surface area contributed by atoms with Crippen molar-refractivity contribution in [2.45, 2.75) is 75.5 Å². The Morgan fingerprint density at radius 1 is 0.410 bits per heavy atom. The number of hydrogen-bond donors (Lipinski definition) is 0. The first kappa shape index (κ1) is 37.1. The Balaban J connectivity index is 0.968. The predicted octanol–water partition coefficient (Wildman–Crippen LogP) is 16.8. The molecule has 0 radical (unpaired) electrons. The van der Waals surface area contributed by atoms with Crippen LogP contribution in [0.1, 0.15) is 86.8 Å². The maximum atomic E-state index is 2.55. The van der Waals surface area contributed by atoms with Crippen LogP contribution in [0.15, 0.2) is 176 Å². The second-order valence-corrected chi connectivity index (χ2v) is 19.8. The molecule has 0 saturated heterocycles. The SMILES string of the molecule is c1ccc(N(c2ccccc2)c2ccc(C3(c4ccc(N(c5ccc(C6CCCCC6)cc5)c5cccc6c5sc5ccccc56)cc4)C4CC5CC(C4)CC3C5)cc2)cc1. The van der Waals surface area contributed by atoms with Gasteiger partial charge in [-0.15, -0.1) is 11.3 Å². The summed E-state index contributed by atoms with van der Waals surface area (Å²) in [7, 11) is 0. The summed E-state index contributed by atoms with van der Waals surface area (Å²) >= 11 is 1.92. The van der Waals surface area contributed by atoms with E-state index in [2.05, 4.69) is 186 Å². The highest BCUT2D eigenvalue weighted by molar-refractivity contribution is 7.26. The number of thiophene rings is 1. The van der Waals surface area contributed by atoms with Crippen LogP contribution in [0.3, 0.4) is 0 Å². The zero-order valence-electron chi connectivity index (χ0n) is 35.0. The highest BCUT2D eigenvalue weighted by atomic mass is 32.1. The van der Waals surface area contributed by atoms with E-state index in [9.17, 15) is 0 Å². The Kier molecular flexibility index (Phi) is 9.36. The van der Waals surface area contributed by atoms with E-state index < -0.39 is 0 Å². The van der Waals surface area contributed by atoms with Crippen molar-refractivity contribution in [2.24, 2.45) is 23.7 Å². The molecule has 5 aliphatic carbocycles. The van der Waals surface area contributed by atoms with Crippen molar-refractivity contribution in [3.05, 3.63) is 193 Å². The van der Waals surface area contributed by atoms with Crippen molar-refractivity contribution >= 4 is 65.6 Å². The van der Waals surface area contributed by atoms with Gasteiger partial charge in [-0.05, 0) is 164 Å². The molecule has 0 amide bonds. The molecule has 0 spiro atoms. The Bertz CT molecular complexity index is 2710. The second-order valence-electron chi connectivity index (χ2n) is 18.8. The first-order valence-electron chi connectivity index (χ1n) is 23.1. The summed E-state index contributed by atoms with van der Waals surface area (Å²) < 4.78 is 2.69. The molecule has 302 valence electrons. The summed E-state index contributed by atoms with van der Waals surface area (Å²) in [6.45, 7) is 0. The van der Waals surface area contributed by atoms with Gasteiger partial charge in [-0.1, -0.05) is 122 Å². The molecule has 8 aromatic rings. The Morgan fingerprint density at radius 3 is 1.49 bits per heavy atom. The van der Waals surface area contributed by atoms with Gasteiger partial charge < -0.3 is 9.80 Å². The van der Waals surface area contributed by atoms with Crippen molar-refractivity contribution in [2.75, 3.05) is 9.80 Å². The smallest absolute Gasteiger partial charge is 0.0640 e. The molecule has 1 heterocycles. The van der Waals surface area contributed by atoms with Gasteiger partial charge in [0.15, 0.2) is 0 Å². The zero-order valence-corrected chi connectivity index (χ0v) is 35.8. The van der Waals surface area contributed by atoms with Crippen LogP contribution in [0.2, 0.25) is 0 Å². The average Bonchev–Trinajstić information content (AvgIpc) is 3.71. The van der Waals surface area contributed by atoms with Crippen molar-refractivity contribution in [1.29, 1.82) is 0 Å². The first-order chi connectivity index (χ1) is 30.2. The number of nitrogens with zero attached hydrogens (tertiary/aromatic N) is 2. The lowest BCUT2D eigenvalue weighted by molar-refractivity contribution is -0.0418. The summed E-state index contributed by atoms with van der Waals surface area (Å²) in [4.78, 5) is 4.95. The molecule has 0 atom stereocenters. The van der Waals surface area contributed by atoms with Crippen molar-refractivity contribution in [3.8, 4) is 0 Å². The first-order valence-corrected chi connectivity index (χ1v) is 23.9. The number of fused-ring (bicyclic) bond motifs is 3. The summed E-state index contributed by atoms with van der Waals surface area (Å²) in [5.41, 5.74) is 11.8. The average molecular weight is 811 g/mol. The van der Waals surface area contributed by atoms with Gasteiger partial charge in [-0.3, -0.25) is 0 Å². The Labute approximate surface area is 365 Å². The normalized spacial score (nSPS) is 23.4. The molecule has 5 aliphatic rings. The van der Waals surface area contributed by atoms with E-state index in [1.807, 2.05) is 11.3 Å².